The zero-order chi connectivity index (χ0) is 35.4. The van der Waals surface area contributed by atoms with Crippen LogP contribution in [-0.2, 0) is 4.79 Å². The SMILES string of the molecule is N#CCC(=O)c1cccc(Cl)c1.N#CN1CCC[C@](F)(C(=O)Nc2cc(-c3cccc(Cl)c3)no2)C1.Nc1cc(-c2cccc(Cl)c2)no1. The number of anilines is 2. The number of Topliss-reactive ketones (excluding diaryl/α,β-unsaturated/α-hetero) is 1. The van der Waals surface area contributed by atoms with E-state index in [4.69, 9.17) is 60.1 Å². The Morgan fingerprint density at radius 1 is 0.898 bits per heavy atom. The van der Waals surface area contributed by atoms with Gasteiger partial charge in [-0.15, -0.1) is 0 Å². The number of hydrogen-bond acceptors (Lipinski definition) is 10. The first-order valence-electron chi connectivity index (χ1n) is 14.5. The van der Waals surface area contributed by atoms with Crippen molar-refractivity contribution in [3.63, 3.8) is 0 Å². The molecule has 6 rings (SSSR count). The summed E-state index contributed by atoms with van der Waals surface area (Å²) in [4.78, 5) is 24.6. The Bertz CT molecular complexity index is 2010. The number of carbonyl (C=O) groups is 2. The van der Waals surface area contributed by atoms with E-state index in [1.54, 1.807) is 72.8 Å². The van der Waals surface area contributed by atoms with E-state index in [-0.39, 0.29) is 31.1 Å². The molecule has 0 unspecified atom stereocenters. The molecule has 0 radical (unpaired) electrons. The molecule has 0 aliphatic carbocycles. The second-order valence-electron chi connectivity index (χ2n) is 10.5. The fraction of sp³-hybridized carbons (Fsp3) is 0.176. The number of rotatable bonds is 6. The predicted octanol–water partition coefficient (Wildman–Crippen LogP) is 8.23. The van der Waals surface area contributed by atoms with Crippen LogP contribution in [0.4, 0.5) is 16.2 Å². The van der Waals surface area contributed by atoms with Gasteiger partial charge in [-0.05, 0) is 49.2 Å². The van der Waals surface area contributed by atoms with Gasteiger partial charge in [-0.1, -0.05) is 81.5 Å². The molecule has 1 aliphatic rings. The topological polar surface area (TPSA) is 175 Å². The summed E-state index contributed by atoms with van der Waals surface area (Å²) in [6.07, 6.45) is 2.27. The van der Waals surface area contributed by atoms with Crippen LogP contribution in [-0.4, -0.2) is 45.7 Å². The van der Waals surface area contributed by atoms with Gasteiger partial charge in [0, 0.05) is 50.4 Å². The zero-order valence-corrected chi connectivity index (χ0v) is 27.8. The molecule has 250 valence electrons. The van der Waals surface area contributed by atoms with Gasteiger partial charge in [0.1, 0.15) is 11.4 Å². The third-order valence-electron chi connectivity index (χ3n) is 6.89. The number of aromatic nitrogens is 2. The van der Waals surface area contributed by atoms with Gasteiger partial charge in [0.15, 0.2) is 12.0 Å². The van der Waals surface area contributed by atoms with Crippen molar-refractivity contribution in [2.75, 3.05) is 24.1 Å². The predicted molar refractivity (Wildman–Crippen MR) is 183 cm³/mol. The molecule has 1 saturated heterocycles. The number of nitrogens with two attached hydrogens (primary N) is 1. The number of hydrogen-bond donors (Lipinski definition) is 2. The first-order chi connectivity index (χ1) is 23.5. The van der Waals surface area contributed by atoms with E-state index in [9.17, 15) is 14.0 Å². The average Bonchev–Trinajstić information content (AvgIpc) is 3.75. The number of likely N-dealkylation sites (tertiary alicyclic amines) is 1. The lowest BCUT2D eigenvalue weighted by Gasteiger charge is -2.32. The van der Waals surface area contributed by atoms with Crippen LogP contribution in [0.1, 0.15) is 29.6 Å². The average molecular weight is 723 g/mol. The Kier molecular flexibility index (Phi) is 12.7. The number of ketones is 1. The molecule has 2 aromatic heterocycles. The Labute approximate surface area is 295 Å². The minimum absolute atomic E-state index is 0.0427. The van der Waals surface area contributed by atoms with Crippen molar-refractivity contribution in [3.05, 3.63) is 106 Å². The van der Waals surface area contributed by atoms with Crippen LogP contribution in [0, 0.1) is 22.8 Å². The highest BCUT2D eigenvalue weighted by atomic mass is 35.5. The third kappa shape index (κ3) is 10.5. The highest BCUT2D eigenvalue weighted by molar-refractivity contribution is 6.31. The summed E-state index contributed by atoms with van der Waals surface area (Å²) < 4.78 is 24.6. The molecular formula is C34H27Cl3FN7O4. The first kappa shape index (κ1) is 36.4. The fourth-order valence-corrected chi connectivity index (χ4v) is 5.10. The summed E-state index contributed by atoms with van der Waals surface area (Å²) in [5.41, 5.74) is 6.54. The maximum absolute atomic E-state index is 14.8. The van der Waals surface area contributed by atoms with Crippen LogP contribution in [0.5, 0.6) is 0 Å². The summed E-state index contributed by atoms with van der Waals surface area (Å²) in [5, 5.41) is 28.9. The van der Waals surface area contributed by atoms with Crippen molar-refractivity contribution >= 4 is 58.3 Å². The molecule has 1 aliphatic heterocycles. The number of nitrogen functional groups attached to an aromatic ring is 1. The minimum Gasteiger partial charge on any atom is -0.368 e. The van der Waals surface area contributed by atoms with Crippen molar-refractivity contribution < 1.29 is 23.0 Å². The van der Waals surface area contributed by atoms with E-state index in [2.05, 4.69) is 15.6 Å². The quantitative estimate of drug-likeness (QED) is 0.128. The number of carbonyl (C=O) groups excluding carboxylic acids is 2. The standard InChI is InChI=1S/C16H14ClFN4O2.C9H7ClN2O.C9H6ClNO/c17-12-4-1-3-11(7-12)13-8-14(24-21-13)20-15(23)16(18)5-2-6-22(9-16)10-19;10-7-3-1-2-6(4-7)8-5-9(11)13-12-8;10-8-3-1-2-7(6-8)9(12)4-5-11/h1,3-4,7-8H,2,5-6,9H2,(H,20,23);1-5H,11H2;1-3,6H,4H2/t16-;;/m1../s1. The zero-order valence-electron chi connectivity index (χ0n) is 25.6. The van der Waals surface area contributed by atoms with Crippen LogP contribution in [0.15, 0.2) is 94.0 Å². The van der Waals surface area contributed by atoms with Crippen molar-refractivity contribution in [3.8, 4) is 34.8 Å². The van der Waals surface area contributed by atoms with Gasteiger partial charge < -0.3 is 19.7 Å². The van der Waals surface area contributed by atoms with Gasteiger partial charge in [-0.25, -0.2) is 4.39 Å². The Balaban J connectivity index is 0.000000182. The largest absolute Gasteiger partial charge is 0.368 e. The summed E-state index contributed by atoms with van der Waals surface area (Å²) >= 11 is 17.4. The van der Waals surface area contributed by atoms with Crippen molar-refractivity contribution in [2.45, 2.75) is 24.9 Å². The number of nitrogens with zero attached hydrogens (tertiary/aromatic N) is 5. The van der Waals surface area contributed by atoms with Crippen LogP contribution >= 0.6 is 34.8 Å². The Morgan fingerprint density at radius 2 is 1.49 bits per heavy atom. The number of halogens is 4. The number of nitriles is 2. The highest BCUT2D eigenvalue weighted by Crippen LogP contribution is 2.29. The summed E-state index contributed by atoms with van der Waals surface area (Å²) in [6, 6.07) is 25.9. The van der Waals surface area contributed by atoms with E-state index >= 15 is 0 Å². The normalized spacial score (nSPS) is 14.9. The molecule has 49 heavy (non-hydrogen) atoms. The molecule has 0 bridgehead atoms. The van der Waals surface area contributed by atoms with Crippen LogP contribution in [0.25, 0.3) is 22.5 Å². The number of amides is 1. The van der Waals surface area contributed by atoms with Gasteiger partial charge >= 0.3 is 0 Å². The molecule has 3 heterocycles. The van der Waals surface area contributed by atoms with E-state index in [1.165, 1.54) is 11.0 Å². The summed E-state index contributed by atoms with van der Waals surface area (Å²) in [5.74, 6) is -0.688. The molecule has 1 fully saturated rings. The smallest absolute Gasteiger partial charge is 0.266 e. The molecule has 3 N–H and O–H groups in total. The van der Waals surface area contributed by atoms with E-state index in [0.29, 0.717) is 50.9 Å². The molecule has 3 aromatic carbocycles. The monoisotopic (exact) mass is 721 g/mol. The summed E-state index contributed by atoms with van der Waals surface area (Å²) in [7, 11) is 0. The number of alkyl halides is 1. The van der Waals surface area contributed by atoms with Crippen molar-refractivity contribution in [1.29, 1.82) is 10.5 Å². The maximum atomic E-state index is 14.8. The lowest BCUT2D eigenvalue weighted by atomic mass is 9.94. The number of nitrogens with one attached hydrogen (secondary N) is 1. The Hall–Kier alpha value is -5.40. The second-order valence-corrected chi connectivity index (χ2v) is 11.8. The van der Waals surface area contributed by atoms with Crippen molar-refractivity contribution in [1.82, 2.24) is 15.2 Å². The van der Waals surface area contributed by atoms with E-state index < -0.39 is 11.6 Å². The molecular weight excluding hydrogens is 696 g/mol. The van der Waals surface area contributed by atoms with Crippen LogP contribution in [0.2, 0.25) is 15.1 Å². The van der Waals surface area contributed by atoms with Gasteiger partial charge in [0.2, 0.25) is 17.4 Å². The van der Waals surface area contributed by atoms with Gasteiger partial charge in [-0.2, -0.15) is 10.5 Å². The van der Waals surface area contributed by atoms with Gasteiger partial charge in [0.25, 0.3) is 5.91 Å². The third-order valence-corrected chi connectivity index (χ3v) is 7.60. The molecule has 1 amide bonds. The molecule has 0 spiro atoms. The molecule has 11 nitrogen and oxygen atoms in total. The molecule has 0 saturated carbocycles. The molecule has 5 aromatic rings. The minimum atomic E-state index is -2.13. The first-order valence-corrected chi connectivity index (χ1v) is 15.6. The van der Waals surface area contributed by atoms with E-state index in [0.717, 1.165) is 11.1 Å². The Morgan fingerprint density at radius 3 is 2.04 bits per heavy atom. The van der Waals surface area contributed by atoms with Crippen LogP contribution < -0.4 is 11.1 Å². The lowest BCUT2D eigenvalue weighted by Crippen LogP contribution is -2.50. The van der Waals surface area contributed by atoms with Crippen molar-refractivity contribution in [2.24, 2.45) is 0 Å². The van der Waals surface area contributed by atoms with Crippen LogP contribution in [0.3, 0.4) is 0 Å². The second kappa shape index (κ2) is 17.1. The molecule has 1 atom stereocenters. The van der Waals surface area contributed by atoms with Gasteiger partial charge in [-0.3, -0.25) is 14.9 Å². The van der Waals surface area contributed by atoms with E-state index in [1.807, 2.05) is 18.3 Å². The molecule has 15 heteroatoms. The summed E-state index contributed by atoms with van der Waals surface area (Å²) in [6.45, 7) is 0.196. The number of benzene rings is 3. The highest BCUT2D eigenvalue weighted by Gasteiger charge is 2.43. The maximum Gasteiger partial charge on any atom is 0.266 e. The number of piperidine rings is 1. The fourth-order valence-electron chi connectivity index (χ4n) is 4.53. The van der Waals surface area contributed by atoms with Gasteiger partial charge in [0.05, 0.1) is 19.0 Å². The lowest BCUT2D eigenvalue weighted by molar-refractivity contribution is -0.130.